The molecule has 0 bridgehead atoms. The molecule has 1 N–H and O–H groups in total. The highest BCUT2D eigenvalue weighted by atomic mass is 35.5. The largest absolute Gasteiger partial charge is 0.484 e. The molecule has 1 atom stereocenters. The minimum Gasteiger partial charge on any atom is -0.484 e. The highest BCUT2D eigenvalue weighted by molar-refractivity contribution is 6.30. The third-order valence-corrected chi connectivity index (χ3v) is 3.35. The smallest absolute Gasteiger partial charge is 0.258 e. The van der Waals surface area contributed by atoms with Gasteiger partial charge in [-0.05, 0) is 30.2 Å². The molecule has 0 aliphatic carbocycles. The van der Waals surface area contributed by atoms with E-state index in [0.717, 1.165) is 12.0 Å². The van der Waals surface area contributed by atoms with Crippen molar-refractivity contribution in [1.29, 1.82) is 0 Å². The van der Waals surface area contributed by atoms with Crippen LogP contribution in [0.1, 0.15) is 24.9 Å². The molecule has 0 heterocycles. The molecule has 0 radical (unpaired) electrons. The number of benzene rings is 2. The van der Waals surface area contributed by atoms with E-state index in [-0.39, 0.29) is 18.6 Å². The summed E-state index contributed by atoms with van der Waals surface area (Å²) in [4.78, 5) is 12.0. The van der Waals surface area contributed by atoms with Gasteiger partial charge in [-0.25, -0.2) is 0 Å². The Morgan fingerprint density at radius 3 is 2.62 bits per heavy atom. The van der Waals surface area contributed by atoms with Crippen LogP contribution in [-0.4, -0.2) is 12.5 Å². The van der Waals surface area contributed by atoms with Crippen LogP contribution in [0.15, 0.2) is 54.6 Å². The monoisotopic (exact) mass is 303 g/mol. The molecule has 1 amide bonds. The second-order valence-corrected chi connectivity index (χ2v) is 5.12. The number of carbonyl (C=O) groups excluding carboxylic acids is 1. The van der Waals surface area contributed by atoms with Crippen LogP contribution >= 0.6 is 11.6 Å². The highest BCUT2D eigenvalue weighted by Crippen LogP contribution is 2.18. The van der Waals surface area contributed by atoms with Crippen LogP contribution in [-0.2, 0) is 4.79 Å². The first-order chi connectivity index (χ1) is 10.2. The van der Waals surface area contributed by atoms with E-state index in [2.05, 4.69) is 5.32 Å². The van der Waals surface area contributed by atoms with Crippen molar-refractivity contribution < 1.29 is 9.53 Å². The van der Waals surface area contributed by atoms with Gasteiger partial charge in [-0.3, -0.25) is 4.79 Å². The Morgan fingerprint density at radius 1 is 1.19 bits per heavy atom. The molecule has 3 nitrogen and oxygen atoms in total. The number of ether oxygens (including phenoxy) is 1. The normalized spacial score (nSPS) is 11.7. The maximum absolute atomic E-state index is 12.0. The Balaban J connectivity index is 1.89. The van der Waals surface area contributed by atoms with Crippen molar-refractivity contribution in [3.8, 4) is 5.75 Å². The fourth-order valence-electron chi connectivity index (χ4n) is 2.05. The number of hydrogen-bond acceptors (Lipinski definition) is 2. The lowest BCUT2D eigenvalue weighted by Gasteiger charge is -2.17. The second kappa shape index (κ2) is 7.70. The number of rotatable bonds is 6. The van der Waals surface area contributed by atoms with Crippen LogP contribution in [0.3, 0.4) is 0 Å². The van der Waals surface area contributed by atoms with Gasteiger partial charge >= 0.3 is 0 Å². The Kier molecular flexibility index (Phi) is 5.64. The lowest BCUT2D eigenvalue weighted by Crippen LogP contribution is -2.32. The van der Waals surface area contributed by atoms with E-state index in [4.69, 9.17) is 16.3 Å². The van der Waals surface area contributed by atoms with Crippen molar-refractivity contribution >= 4 is 17.5 Å². The zero-order valence-corrected chi connectivity index (χ0v) is 12.6. The fourth-order valence-corrected chi connectivity index (χ4v) is 2.23. The summed E-state index contributed by atoms with van der Waals surface area (Å²) in [5.41, 5.74) is 1.09. The molecule has 0 spiro atoms. The van der Waals surface area contributed by atoms with Crippen LogP contribution in [0.4, 0.5) is 0 Å². The van der Waals surface area contributed by atoms with Crippen molar-refractivity contribution in [2.75, 3.05) is 6.61 Å². The predicted molar refractivity (Wildman–Crippen MR) is 84.6 cm³/mol. The van der Waals surface area contributed by atoms with E-state index in [1.807, 2.05) is 37.3 Å². The van der Waals surface area contributed by atoms with Crippen molar-refractivity contribution in [1.82, 2.24) is 5.32 Å². The lowest BCUT2D eigenvalue weighted by molar-refractivity contribution is -0.123. The summed E-state index contributed by atoms with van der Waals surface area (Å²) in [6.07, 6.45) is 0.826. The van der Waals surface area contributed by atoms with Crippen LogP contribution < -0.4 is 10.1 Å². The van der Waals surface area contributed by atoms with E-state index < -0.39 is 0 Å². The van der Waals surface area contributed by atoms with E-state index in [9.17, 15) is 4.79 Å². The summed E-state index contributed by atoms with van der Waals surface area (Å²) >= 11 is 5.87. The summed E-state index contributed by atoms with van der Waals surface area (Å²) in [6, 6.07) is 16.9. The number of nitrogens with one attached hydrogen (secondary N) is 1. The van der Waals surface area contributed by atoms with Gasteiger partial charge in [0.05, 0.1) is 6.04 Å². The summed E-state index contributed by atoms with van der Waals surface area (Å²) in [5.74, 6) is 0.441. The van der Waals surface area contributed by atoms with Crippen molar-refractivity contribution in [3.05, 3.63) is 65.2 Å². The molecular formula is C17H18ClNO2. The maximum Gasteiger partial charge on any atom is 0.258 e. The number of carbonyl (C=O) groups is 1. The summed E-state index contributed by atoms with van der Waals surface area (Å²) in [7, 11) is 0. The first-order valence-corrected chi connectivity index (χ1v) is 7.29. The third-order valence-electron chi connectivity index (χ3n) is 3.11. The van der Waals surface area contributed by atoms with Crippen molar-refractivity contribution in [2.24, 2.45) is 0 Å². The van der Waals surface area contributed by atoms with Crippen LogP contribution in [0, 0.1) is 0 Å². The van der Waals surface area contributed by atoms with Crippen LogP contribution in [0.2, 0.25) is 5.02 Å². The molecular weight excluding hydrogens is 286 g/mol. The summed E-state index contributed by atoms with van der Waals surface area (Å²) in [5, 5.41) is 3.56. The predicted octanol–water partition coefficient (Wildman–Crippen LogP) is 3.99. The molecule has 110 valence electrons. The molecule has 2 aromatic rings. The average molecular weight is 304 g/mol. The number of hydrogen-bond donors (Lipinski definition) is 1. The van der Waals surface area contributed by atoms with E-state index in [0.29, 0.717) is 10.8 Å². The Morgan fingerprint density at radius 2 is 1.95 bits per heavy atom. The molecule has 0 aliphatic heterocycles. The molecule has 2 aromatic carbocycles. The quantitative estimate of drug-likeness (QED) is 0.876. The van der Waals surface area contributed by atoms with Gasteiger partial charge in [0, 0.05) is 5.02 Å². The van der Waals surface area contributed by atoms with Gasteiger partial charge < -0.3 is 10.1 Å². The van der Waals surface area contributed by atoms with Gasteiger partial charge in [0.2, 0.25) is 0 Å². The summed E-state index contributed by atoms with van der Waals surface area (Å²) < 4.78 is 5.43. The molecule has 0 aliphatic rings. The molecule has 0 fully saturated rings. The van der Waals surface area contributed by atoms with Gasteiger partial charge in [-0.15, -0.1) is 0 Å². The van der Waals surface area contributed by atoms with E-state index in [1.54, 1.807) is 24.3 Å². The highest BCUT2D eigenvalue weighted by Gasteiger charge is 2.12. The summed E-state index contributed by atoms with van der Waals surface area (Å²) in [6.45, 7) is 2.01. The van der Waals surface area contributed by atoms with Crippen molar-refractivity contribution in [3.63, 3.8) is 0 Å². The molecule has 0 aromatic heterocycles. The van der Waals surface area contributed by atoms with Gasteiger partial charge in [-0.2, -0.15) is 0 Å². The Bertz CT molecular complexity index is 586. The molecule has 4 heteroatoms. The minimum absolute atomic E-state index is 0.00154. The first kappa shape index (κ1) is 15.4. The molecule has 1 unspecified atom stereocenters. The second-order valence-electron chi connectivity index (χ2n) is 4.69. The van der Waals surface area contributed by atoms with Crippen LogP contribution in [0.25, 0.3) is 0 Å². The topological polar surface area (TPSA) is 38.3 Å². The van der Waals surface area contributed by atoms with E-state index in [1.165, 1.54) is 0 Å². The molecule has 0 saturated heterocycles. The van der Waals surface area contributed by atoms with Gasteiger partial charge in [0.25, 0.3) is 5.91 Å². The fraction of sp³-hybridized carbons (Fsp3) is 0.235. The van der Waals surface area contributed by atoms with Crippen molar-refractivity contribution in [2.45, 2.75) is 19.4 Å². The lowest BCUT2D eigenvalue weighted by atomic mass is 10.0. The Labute approximate surface area is 129 Å². The van der Waals surface area contributed by atoms with Gasteiger partial charge in [-0.1, -0.05) is 54.9 Å². The zero-order valence-electron chi connectivity index (χ0n) is 11.9. The first-order valence-electron chi connectivity index (χ1n) is 6.91. The SMILES string of the molecule is CCC(NC(=O)COc1cccc(Cl)c1)c1ccccc1. The van der Waals surface area contributed by atoms with Gasteiger partial charge in [0.15, 0.2) is 6.61 Å². The van der Waals surface area contributed by atoms with Crippen LogP contribution in [0.5, 0.6) is 5.75 Å². The molecule has 0 saturated carbocycles. The third kappa shape index (κ3) is 4.80. The van der Waals surface area contributed by atoms with E-state index >= 15 is 0 Å². The Hall–Kier alpha value is -2.00. The molecule has 21 heavy (non-hydrogen) atoms. The average Bonchev–Trinajstić information content (AvgIpc) is 2.51. The standard InChI is InChI=1S/C17H18ClNO2/c1-2-16(13-7-4-3-5-8-13)19-17(20)12-21-15-10-6-9-14(18)11-15/h3-11,16H,2,12H2,1H3,(H,19,20). The van der Waals surface area contributed by atoms with Gasteiger partial charge in [0.1, 0.15) is 5.75 Å². The maximum atomic E-state index is 12.0. The molecule has 2 rings (SSSR count). The minimum atomic E-state index is -0.148. The number of halogens is 1. The zero-order chi connectivity index (χ0) is 15.1. The number of amides is 1.